The van der Waals surface area contributed by atoms with E-state index in [9.17, 15) is 0 Å². The van der Waals surface area contributed by atoms with E-state index in [-0.39, 0.29) is 0 Å². The van der Waals surface area contributed by atoms with Crippen molar-refractivity contribution in [3.8, 4) is 0 Å². The summed E-state index contributed by atoms with van der Waals surface area (Å²) in [4.78, 5) is 0. The molecule has 2 atom stereocenters. The van der Waals surface area contributed by atoms with Gasteiger partial charge in [0.05, 0.1) is 0 Å². The van der Waals surface area contributed by atoms with E-state index in [0.29, 0.717) is 5.92 Å². The fourth-order valence-corrected chi connectivity index (χ4v) is 1.48. The van der Waals surface area contributed by atoms with Crippen LogP contribution >= 0.6 is 0 Å². The smallest absolute Gasteiger partial charge is 0.0490 e. The standard InChI is InChI=1S/C10H23NO/c1-5-10(7-11-6-2)9(3)8-12-4/h9-11H,5-8H2,1-4H3. The molecule has 0 rings (SSSR count). The second-order valence-electron chi connectivity index (χ2n) is 3.41. The molecule has 0 aromatic carbocycles. The van der Waals surface area contributed by atoms with Crippen LogP contribution in [0.1, 0.15) is 27.2 Å². The van der Waals surface area contributed by atoms with E-state index in [1.54, 1.807) is 7.11 Å². The molecular formula is C10H23NO. The first kappa shape index (κ1) is 11.9. The minimum absolute atomic E-state index is 0.666. The molecule has 2 unspecified atom stereocenters. The largest absolute Gasteiger partial charge is 0.384 e. The molecule has 0 amide bonds. The summed E-state index contributed by atoms with van der Waals surface area (Å²) in [6.45, 7) is 9.72. The molecule has 0 heterocycles. The van der Waals surface area contributed by atoms with Crippen molar-refractivity contribution in [1.82, 2.24) is 5.32 Å². The molecule has 74 valence electrons. The molecule has 0 aromatic rings. The predicted octanol–water partition coefficient (Wildman–Crippen LogP) is 1.90. The highest BCUT2D eigenvalue weighted by atomic mass is 16.5. The average molecular weight is 173 g/mol. The van der Waals surface area contributed by atoms with Crippen molar-refractivity contribution in [3.05, 3.63) is 0 Å². The lowest BCUT2D eigenvalue weighted by Gasteiger charge is -2.22. The van der Waals surface area contributed by atoms with Crippen LogP contribution in [0.3, 0.4) is 0 Å². The van der Waals surface area contributed by atoms with Gasteiger partial charge in [-0.05, 0) is 24.9 Å². The number of ether oxygens (including phenoxy) is 1. The van der Waals surface area contributed by atoms with E-state index < -0.39 is 0 Å². The first-order chi connectivity index (χ1) is 5.76. The Balaban J connectivity index is 3.62. The minimum Gasteiger partial charge on any atom is -0.384 e. The molecule has 2 heteroatoms. The highest BCUT2D eigenvalue weighted by Gasteiger charge is 2.13. The Hall–Kier alpha value is -0.0800. The van der Waals surface area contributed by atoms with E-state index in [2.05, 4.69) is 26.1 Å². The lowest BCUT2D eigenvalue weighted by Crippen LogP contribution is -2.28. The van der Waals surface area contributed by atoms with Crippen LogP contribution < -0.4 is 5.32 Å². The number of hydrogen-bond acceptors (Lipinski definition) is 2. The Labute approximate surface area is 76.7 Å². The summed E-state index contributed by atoms with van der Waals surface area (Å²) in [6.07, 6.45) is 1.23. The summed E-state index contributed by atoms with van der Waals surface area (Å²) in [7, 11) is 1.77. The SMILES string of the molecule is CCNCC(CC)C(C)COC. The zero-order chi connectivity index (χ0) is 9.40. The lowest BCUT2D eigenvalue weighted by atomic mass is 9.92. The van der Waals surface area contributed by atoms with Gasteiger partial charge in [-0.25, -0.2) is 0 Å². The van der Waals surface area contributed by atoms with Gasteiger partial charge in [-0.3, -0.25) is 0 Å². The molecule has 0 bridgehead atoms. The number of nitrogens with one attached hydrogen (secondary N) is 1. The zero-order valence-corrected chi connectivity index (χ0v) is 8.89. The van der Waals surface area contributed by atoms with Crippen molar-refractivity contribution in [2.24, 2.45) is 11.8 Å². The molecule has 0 saturated carbocycles. The maximum atomic E-state index is 5.14. The molecule has 0 aliphatic rings. The topological polar surface area (TPSA) is 21.3 Å². The normalized spacial score (nSPS) is 16.0. The van der Waals surface area contributed by atoms with Gasteiger partial charge in [-0.15, -0.1) is 0 Å². The highest BCUT2D eigenvalue weighted by Crippen LogP contribution is 2.14. The van der Waals surface area contributed by atoms with E-state index in [4.69, 9.17) is 4.74 Å². The van der Waals surface area contributed by atoms with Crippen molar-refractivity contribution in [3.63, 3.8) is 0 Å². The molecule has 2 nitrogen and oxygen atoms in total. The van der Waals surface area contributed by atoms with Gasteiger partial charge >= 0.3 is 0 Å². The Bertz CT molecular complexity index is 95.8. The van der Waals surface area contributed by atoms with Gasteiger partial charge in [-0.1, -0.05) is 27.2 Å². The van der Waals surface area contributed by atoms with Crippen LogP contribution in [0.4, 0.5) is 0 Å². The van der Waals surface area contributed by atoms with E-state index >= 15 is 0 Å². The summed E-state index contributed by atoms with van der Waals surface area (Å²) < 4.78 is 5.14. The molecule has 1 N–H and O–H groups in total. The van der Waals surface area contributed by atoms with Gasteiger partial charge in [0.15, 0.2) is 0 Å². The van der Waals surface area contributed by atoms with Crippen LogP contribution in [0.15, 0.2) is 0 Å². The maximum absolute atomic E-state index is 5.14. The van der Waals surface area contributed by atoms with Crippen molar-refractivity contribution < 1.29 is 4.74 Å². The molecule has 12 heavy (non-hydrogen) atoms. The van der Waals surface area contributed by atoms with Gasteiger partial charge in [-0.2, -0.15) is 0 Å². The molecule has 0 spiro atoms. The Morgan fingerprint density at radius 1 is 1.33 bits per heavy atom. The van der Waals surface area contributed by atoms with Crippen LogP contribution in [0.2, 0.25) is 0 Å². The van der Waals surface area contributed by atoms with Crippen LogP contribution in [-0.2, 0) is 4.74 Å². The van der Waals surface area contributed by atoms with Gasteiger partial charge in [0.1, 0.15) is 0 Å². The van der Waals surface area contributed by atoms with E-state index in [1.165, 1.54) is 6.42 Å². The van der Waals surface area contributed by atoms with Crippen LogP contribution in [0.25, 0.3) is 0 Å². The Morgan fingerprint density at radius 3 is 2.42 bits per heavy atom. The minimum atomic E-state index is 0.666. The Morgan fingerprint density at radius 2 is 2.00 bits per heavy atom. The van der Waals surface area contributed by atoms with Gasteiger partial charge < -0.3 is 10.1 Å². The van der Waals surface area contributed by atoms with Gasteiger partial charge in [0, 0.05) is 13.7 Å². The van der Waals surface area contributed by atoms with E-state index in [1.807, 2.05) is 0 Å². The van der Waals surface area contributed by atoms with Crippen LogP contribution in [0, 0.1) is 11.8 Å². The zero-order valence-electron chi connectivity index (χ0n) is 8.89. The van der Waals surface area contributed by atoms with Crippen LogP contribution in [0.5, 0.6) is 0 Å². The Kier molecular flexibility index (Phi) is 7.51. The molecule has 0 fully saturated rings. The average Bonchev–Trinajstić information content (AvgIpc) is 2.06. The first-order valence-corrected chi connectivity index (χ1v) is 4.95. The van der Waals surface area contributed by atoms with Crippen molar-refractivity contribution >= 4 is 0 Å². The molecular weight excluding hydrogens is 150 g/mol. The molecule has 0 saturated heterocycles. The second kappa shape index (κ2) is 7.56. The second-order valence-corrected chi connectivity index (χ2v) is 3.41. The first-order valence-electron chi connectivity index (χ1n) is 4.95. The van der Waals surface area contributed by atoms with Crippen LogP contribution in [-0.4, -0.2) is 26.8 Å². The number of rotatable bonds is 7. The maximum Gasteiger partial charge on any atom is 0.0490 e. The fourth-order valence-electron chi connectivity index (χ4n) is 1.48. The summed E-state index contributed by atoms with van der Waals surface area (Å²) >= 11 is 0. The molecule has 0 aliphatic carbocycles. The molecule has 0 aliphatic heterocycles. The molecule has 0 aromatic heterocycles. The molecule has 0 radical (unpaired) electrons. The van der Waals surface area contributed by atoms with Crippen molar-refractivity contribution in [2.75, 3.05) is 26.8 Å². The highest BCUT2D eigenvalue weighted by molar-refractivity contribution is 4.66. The number of methoxy groups -OCH3 is 1. The summed E-state index contributed by atoms with van der Waals surface area (Å²) in [6, 6.07) is 0. The van der Waals surface area contributed by atoms with Gasteiger partial charge in [0.25, 0.3) is 0 Å². The fraction of sp³-hybridized carbons (Fsp3) is 1.00. The summed E-state index contributed by atoms with van der Waals surface area (Å²) in [5.74, 6) is 1.42. The summed E-state index contributed by atoms with van der Waals surface area (Å²) in [5.41, 5.74) is 0. The van der Waals surface area contributed by atoms with Gasteiger partial charge in [0.2, 0.25) is 0 Å². The van der Waals surface area contributed by atoms with Crippen molar-refractivity contribution in [2.45, 2.75) is 27.2 Å². The van der Waals surface area contributed by atoms with E-state index in [0.717, 1.165) is 25.6 Å². The predicted molar refractivity (Wildman–Crippen MR) is 53.4 cm³/mol. The monoisotopic (exact) mass is 173 g/mol. The van der Waals surface area contributed by atoms with Crippen molar-refractivity contribution in [1.29, 1.82) is 0 Å². The lowest BCUT2D eigenvalue weighted by molar-refractivity contribution is 0.127. The third-order valence-corrected chi connectivity index (χ3v) is 2.42. The number of hydrogen-bond donors (Lipinski definition) is 1. The third-order valence-electron chi connectivity index (χ3n) is 2.42. The third kappa shape index (κ3) is 4.73. The quantitative estimate of drug-likeness (QED) is 0.635. The summed E-state index contributed by atoms with van der Waals surface area (Å²) in [5, 5.41) is 3.38.